The topological polar surface area (TPSA) is 12.0 Å². The van der Waals surface area contributed by atoms with E-state index in [1.165, 1.54) is 0 Å². The van der Waals surface area contributed by atoms with E-state index in [0.29, 0.717) is 5.56 Å². The Kier molecular flexibility index (Phi) is 2.56. The summed E-state index contributed by atoms with van der Waals surface area (Å²) in [5.74, 6) is 1.01. The Bertz CT molecular complexity index is 308. The van der Waals surface area contributed by atoms with Crippen LogP contribution in [-0.2, 0) is 0 Å². The second kappa shape index (κ2) is 3.68. The highest BCUT2D eigenvalue weighted by Crippen LogP contribution is 2.30. The monoisotopic (exact) mass is 197 g/mol. The third-order valence-electron chi connectivity index (χ3n) is 2.21. The largest absolute Gasteiger partial charge is 0.301 e. The Morgan fingerprint density at radius 1 is 1.54 bits per heavy atom. The van der Waals surface area contributed by atoms with Gasteiger partial charge in [0, 0.05) is 12.3 Å². The first-order valence-electron chi connectivity index (χ1n) is 4.38. The molecule has 0 amide bonds. The predicted octanol–water partition coefficient (Wildman–Crippen LogP) is 2.47. The summed E-state index contributed by atoms with van der Waals surface area (Å²) in [6.45, 7) is 2.80. The zero-order valence-electron chi connectivity index (χ0n) is 7.51. The Balaban J connectivity index is 2.25. The highest BCUT2D eigenvalue weighted by molar-refractivity contribution is 7.99. The molecule has 1 atom stereocenters. The van der Waals surface area contributed by atoms with Crippen LogP contribution in [0.1, 0.15) is 16.5 Å². The van der Waals surface area contributed by atoms with Gasteiger partial charge in [-0.05, 0) is 24.1 Å². The standard InChI is InChI=1S/C10H12FNS/c1-7-2-3-8(6-9(7)11)10-12-4-5-13-10/h2-3,6,10,12H,4-5H2,1H3. The molecule has 1 aliphatic heterocycles. The summed E-state index contributed by atoms with van der Waals surface area (Å²) < 4.78 is 13.2. The van der Waals surface area contributed by atoms with Gasteiger partial charge in [0.05, 0.1) is 5.37 Å². The molecular formula is C10H12FNS. The van der Waals surface area contributed by atoms with E-state index in [4.69, 9.17) is 0 Å². The van der Waals surface area contributed by atoms with Crippen molar-refractivity contribution >= 4 is 11.8 Å². The van der Waals surface area contributed by atoms with Crippen LogP contribution in [0, 0.1) is 12.7 Å². The molecule has 1 aromatic rings. The van der Waals surface area contributed by atoms with Crippen LogP contribution in [0.3, 0.4) is 0 Å². The zero-order valence-corrected chi connectivity index (χ0v) is 8.33. The van der Waals surface area contributed by atoms with Crippen LogP contribution >= 0.6 is 11.8 Å². The highest BCUT2D eigenvalue weighted by atomic mass is 32.2. The molecule has 1 unspecified atom stereocenters. The molecule has 1 saturated heterocycles. The molecule has 70 valence electrons. The fraction of sp³-hybridized carbons (Fsp3) is 0.400. The van der Waals surface area contributed by atoms with Crippen LogP contribution in [-0.4, -0.2) is 12.3 Å². The van der Waals surface area contributed by atoms with Gasteiger partial charge in [-0.15, -0.1) is 11.8 Å². The van der Waals surface area contributed by atoms with Crippen molar-refractivity contribution < 1.29 is 4.39 Å². The maximum Gasteiger partial charge on any atom is 0.126 e. The zero-order chi connectivity index (χ0) is 9.26. The molecule has 1 aliphatic rings. The van der Waals surface area contributed by atoms with Gasteiger partial charge in [0.1, 0.15) is 5.82 Å². The number of halogens is 1. The summed E-state index contributed by atoms with van der Waals surface area (Å²) in [6.07, 6.45) is 0. The second-order valence-electron chi connectivity index (χ2n) is 3.21. The van der Waals surface area contributed by atoms with Crippen molar-refractivity contribution in [3.8, 4) is 0 Å². The van der Waals surface area contributed by atoms with Crippen LogP contribution in [0.4, 0.5) is 4.39 Å². The van der Waals surface area contributed by atoms with E-state index in [1.807, 2.05) is 23.9 Å². The molecular weight excluding hydrogens is 185 g/mol. The van der Waals surface area contributed by atoms with Gasteiger partial charge in [-0.1, -0.05) is 12.1 Å². The number of rotatable bonds is 1. The van der Waals surface area contributed by atoms with Gasteiger partial charge in [0.25, 0.3) is 0 Å². The second-order valence-corrected chi connectivity index (χ2v) is 4.43. The first-order chi connectivity index (χ1) is 6.27. The van der Waals surface area contributed by atoms with Crippen molar-refractivity contribution in [2.24, 2.45) is 0 Å². The smallest absolute Gasteiger partial charge is 0.126 e. The first-order valence-corrected chi connectivity index (χ1v) is 5.43. The minimum atomic E-state index is -0.105. The van der Waals surface area contributed by atoms with Gasteiger partial charge >= 0.3 is 0 Å². The Morgan fingerprint density at radius 3 is 3.00 bits per heavy atom. The van der Waals surface area contributed by atoms with E-state index in [0.717, 1.165) is 17.9 Å². The molecule has 1 N–H and O–H groups in total. The average Bonchev–Trinajstić information content (AvgIpc) is 2.62. The summed E-state index contributed by atoms with van der Waals surface area (Å²) in [5, 5.41) is 3.60. The summed E-state index contributed by atoms with van der Waals surface area (Å²) >= 11 is 1.83. The maximum absolute atomic E-state index is 13.2. The number of thioether (sulfide) groups is 1. The SMILES string of the molecule is Cc1ccc(C2NCCS2)cc1F. The van der Waals surface area contributed by atoms with Gasteiger partial charge in [-0.3, -0.25) is 0 Å². The van der Waals surface area contributed by atoms with Crippen molar-refractivity contribution in [3.05, 3.63) is 35.1 Å². The first kappa shape index (κ1) is 9.03. The van der Waals surface area contributed by atoms with Crippen LogP contribution in [0.5, 0.6) is 0 Å². The molecule has 0 bridgehead atoms. The normalized spacial score (nSPS) is 22.2. The number of nitrogens with one attached hydrogen (secondary N) is 1. The number of hydrogen-bond donors (Lipinski definition) is 1. The van der Waals surface area contributed by atoms with Crippen molar-refractivity contribution in [1.29, 1.82) is 0 Å². The van der Waals surface area contributed by atoms with Gasteiger partial charge < -0.3 is 5.32 Å². The predicted molar refractivity (Wildman–Crippen MR) is 54.3 cm³/mol. The van der Waals surface area contributed by atoms with E-state index in [-0.39, 0.29) is 11.2 Å². The molecule has 1 fully saturated rings. The van der Waals surface area contributed by atoms with Gasteiger partial charge in [-0.2, -0.15) is 0 Å². The van der Waals surface area contributed by atoms with E-state index in [2.05, 4.69) is 5.32 Å². The van der Waals surface area contributed by atoms with Crippen molar-refractivity contribution in [1.82, 2.24) is 5.32 Å². The summed E-state index contributed by atoms with van der Waals surface area (Å²) in [5.41, 5.74) is 1.76. The lowest BCUT2D eigenvalue weighted by Gasteiger charge is -2.10. The fourth-order valence-corrected chi connectivity index (χ4v) is 2.46. The average molecular weight is 197 g/mol. The van der Waals surface area contributed by atoms with Gasteiger partial charge in [-0.25, -0.2) is 4.39 Å². The summed E-state index contributed by atoms with van der Waals surface area (Å²) in [7, 11) is 0. The van der Waals surface area contributed by atoms with E-state index in [1.54, 1.807) is 13.0 Å². The minimum Gasteiger partial charge on any atom is -0.301 e. The number of hydrogen-bond acceptors (Lipinski definition) is 2. The van der Waals surface area contributed by atoms with Crippen molar-refractivity contribution in [2.75, 3.05) is 12.3 Å². The van der Waals surface area contributed by atoms with Crippen LogP contribution in [0.15, 0.2) is 18.2 Å². The number of aryl methyl sites for hydroxylation is 1. The summed E-state index contributed by atoms with van der Waals surface area (Å²) in [4.78, 5) is 0. The van der Waals surface area contributed by atoms with E-state index < -0.39 is 0 Å². The molecule has 1 heterocycles. The molecule has 13 heavy (non-hydrogen) atoms. The van der Waals surface area contributed by atoms with Crippen LogP contribution < -0.4 is 5.32 Å². The van der Waals surface area contributed by atoms with Gasteiger partial charge in [0.15, 0.2) is 0 Å². The molecule has 0 saturated carbocycles. The molecule has 2 rings (SSSR count). The quantitative estimate of drug-likeness (QED) is 0.742. The molecule has 1 nitrogen and oxygen atoms in total. The lowest BCUT2D eigenvalue weighted by Crippen LogP contribution is -2.12. The molecule has 1 aromatic carbocycles. The van der Waals surface area contributed by atoms with Crippen molar-refractivity contribution in [3.63, 3.8) is 0 Å². The third-order valence-corrected chi connectivity index (χ3v) is 3.43. The van der Waals surface area contributed by atoms with E-state index in [9.17, 15) is 4.39 Å². The maximum atomic E-state index is 13.2. The fourth-order valence-electron chi connectivity index (χ4n) is 1.41. The molecule has 0 radical (unpaired) electrons. The Morgan fingerprint density at radius 2 is 2.38 bits per heavy atom. The molecule has 0 spiro atoms. The molecule has 0 aromatic heterocycles. The summed E-state index contributed by atoms with van der Waals surface area (Å²) in [6, 6.07) is 5.46. The molecule has 0 aliphatic carbocycles. The third kappa shape index (κ3) is 1.86. The molecule has 3 heteroatoms. The van der Waals surface area contributed by atoms with Crippen molar-refractivity contribution in [2.45, 2.75) is 12.3 Å². The number of benzene rings is 1. The Labute approximate surface area is 81.7 Å². The van der Waals surface area contributed by atoms with Gasteiger partial charge in [0.2, 0.25) is 0 Å². The Hall–Kier alpha value is -0.540. The lowest BCUT2D eigenvalue weighted by atomic mass is 10.1. The lowest BCUT2D eigenvalue weighted by molar-refractivity contribution is 0.613. The van der Waals surface area contributed by atoms with Crippen LogP contribution in [0.25, 0.3) is 0 Å². The minimum absolute atomic E-state index is 0.105. The highest BCUT2D eigenvalue weighted by Gasteiger charge is 2.17. The van der Waals surface area contributed by atoms with Crippen LogP contribution in [0.2, 0.25) is 0 Å². The van der Waals surface area contributed by atoms with E-state index >= 15 is 0 Å².